The molecule has 0 saturated carbocycles. The van der Waals surface area contributed by atoms with Crippen LogP contribution in [0.1, 0.15) is 16.1 Å². The van der Waals surface area contributed by atoms with Gasteiger partial charge in [0.2, 0.25) is 0 Å². The van der Waals surface area contributed by atoms with E-state index in [1.807, 2.05) is 24.3 Å². The van der Waals surface area contributed by atoms with Gasteiger partial charge in [-0.3, -0.25) is 4.79 Å². The molecule has 1 N–H and O–H groups in total. The van der Waals surface area contributed by atoms with Crippen molar-refractivity contribution in [3.05, 3.63) is 41.6 Å². The minimum absolute atomic E-state index is 0.172. The second-order valence-corrected chi connectivity index (χ2v) is 4.10. The van der Waals surface area contributed by atoms with Crippen LogP contribution in [0.3, 0.4) is 0 Å². The van der Waals surface area contributed by atoms with Crippen LogP contribution >= 0.6 is 0 Å². The number of fused-ring (bicyclic) bond motifs is 1. The Balaban J connectivity index is 2.26. The number of amides is 1. The van der Waals surface area contributed by atoms with E-state index in [2.05, 4.69) is 10.3 Å². The minimum Gasteiger partial charge on any atom is -0.380 e. The Morgan fingerprint density at radius 3 is 2.79 bits per heavy atom. The average Bonchev–Trinajstić information content (AvgIpc) is 2.44. The van der Waals surface area contributed by atoms with Gasteiger partial charge in [0.1, 0.15) is 12.4 Å². The van der Waals surface area contributed by atoms with Gasteiger partial charge < -0.3 is 14.8 Å². The second-order valence-electron chi connectivity index (χ2n) is 4.10. The normalized spacial score (nSPS) is 10.6. The number of ether oxygens (including phenoxy) is 2. The van der Waals surface area contributed by atoms with E-state index in [9.17, 15) is 4.79 Å². The van der Waals surface area contributed by atoms with Gasteiger partial charge in [0, 0.05) is 19.6 Å². The Labute approximate surface area is 111 Å². The molecule has 0 aliphatic heterocycles. The van der Waals surface area contributed by atoms with Crippen LogP contribution in [-0.4, -0.2) is 31.8 Å². The van der Waals surface area contributed by atoms with Gasteiger partial charge in [-0.2, -0.15) is 0 Å². The third-order valence-corrected chi connectivity index (χ3v) is 2.67. The molecule has 19 heavy (non-hydrogen) atoms. The van der Waals surface area contributed by atoms with Crippen LogP contribution in [0.4, 0.5) is 0 Å². The van der Waals surface area contributed by atoms with Crippen molar-refractivity contribution in [1.29, 1.82) is 0 Å². The number of nitrogens with one attached hydrogen (secondary N) is 1. The van der Waals surface area contributed by atoms with Crippen molar-refractivity contribution in [3.63, 3.8) is 0 Å². The summed E-state index contributed by atoms with van der Waals surface area (Å²) in [5.74, 6) is -0.246. The van der Waals surface area contributed by atoms with Gasteiger partial charge in [-0.05, 0) is 23.8 Å². The lowest BCUT2D eigenvalue weighted by atomic mass is 10.1. The fourth-order valence-corrected chi connectivity index (χ4v) is 1.79. The first kappa shape index (κ1) is 13.5. The van der Waals surface area contributed by atoms with Crippen LogP contribution < -0.4 is 5.32 Å². The van der Waals surface area contributed by atoms with E-state index in [-0.39, 0.29) is 12.6 Å². The molecule has 5 nitrogen and oxygen atoms in total. The zero-order chi connectivity index (χ0) is 13.7. The van der Waals surface area contributed by atoms with Gasteiger partial charge in [-0.1, -0.05) is 12.1 Å². The van der Waals surface area contributed by atoms with E-state index >= 15 is 0 Å². The predicted octanol–water partition coefficient (Wildman–Crippen LogP) is 1.71. The first-order valence-electron chi connectivity index (χ1n) is 5.90. The molecule has 0 radical (unpaired) electrons. The summed E-state index contributed by atoms with van der Waals surface area (Å²) in [6.45, 7) is 0.733. The molecule has 2 rings (SSSR count). The molecule has 0 saturated heterocycles. The summed E-state index contributed by atoms with van der Waals surface area (Å²) < 4.78 is 9.88. The molecule has 1 heterocycles. The topological polar surface area (TPSA) is 60.5 Å². The standard InChI is InChI=1S/C14H16N2O3/c1-18-8-10-3-5-12-11(7-10)4-6-13(16-12)14(17)15-9-19-2/h3-7H,8-9H2,1-2H3,(H,15,17). The average molecular weight is 260 g/mol. The van der Waals surface area contributed by atoms with Crippen LogP contribution in [0.5, 0.6) is 0 Å². The molecule has 0 spiro atoms. The van der Waals surface area contributed by atoms with E-state index in [0.717, 1.165) is 16.5 Å². The number of nitrogens with zero attached hydrogens (tertiary/aromatic N) is 1. The maximum atomic E-state index is 11.7. The lowest BCUT2D eigenvalue weighted by Crippen LogP contribution is -2.26. The monoisotopic (exact) mass is 260 g/mol. The van der Waals surface area contributed by atoms with E-state index in [1.54, 1.807) is 13.2 Å². The summed E-state index contributed by atoms with van der Waals surface area (Å²) in [4.78, 5) is 16.1. The highest BCUT2D eigenvalue weighted by molar-refractivity contribution is 5.94. The molecular weight excluding hydrogens is 244 g/mol. The van der Waals surface area contributed by atoms with E-state index < -0.39 is 0 Å². The lowest BCUT2D eigenvalue weighted by molar-refractivity contribution is 0.0867. The third-order valence-electron chi connectivity index (χ3n) is 2.67. The van der Waals surface area contributed by atoms with Crippen molar-refractivity contribution in [2.75, 3.05) is 21.0 Å². The fraction of sp³-hybridized carbons (Fsp3) is 0.286. The third kappa shape index (κ3) is 3.27. The number of benzene rings is 1. The van der Waals surface area contributed by atoms with Crippen molar-refractivity contribution < 1.29 is 14.3 Å². The predicted molar refractivity (Wildman–Crippen MR) is 71.8 cm³/mol. The molecule has 0 bridgehead atoms. The maximum Gasteiger partial charge on any atom is 0.271 e. The Morgan fingerprint density at radius 2 is 2.05 bits per heavy atom. The van der Waals surface area contributed by atoms with Gasteiger partial charge in [-0.15, -0.1) is 0 Å². The summed E-state index contributed by atoms with van der Waals surface area (Å²) in [6.07, 6.45) is 0. The zero-order valence-electron chi connectivity index (χ0n) is 11.0. The fourth-order valence-electron chi connectivity index (χ4n) is 1.79. The highest BCUT2D eigenvalue weighted by Gasteiger charge is 2.07. The van der Waals surface area contributed by atoms with Gasteiger partial charge in [-0.25, -0.2) is 4.98 Å². The van der Waals surface area contributed by atoms with E-state index in [4.69, 9.17) is 9.47 Å². The highest BCUT2D eigenvalue weighted by Crippen LogP contribution is 2.15. The number of methoxy groups -OCH3 is 2. The smallest absolute Gasteiger partial charge is 0.271 e. The molecule has 1 amide bonds. The van der Waals surface area contributed by atoms with Crippen LogP contribution in [-0.2, 0) is 16.1 Å². The quantitative estimate of drug-likeness (QED) is 0.831. The van der Waals surface area contributed by atoms with E-state index in [0.29, 0.717) is 12.3 Å². The van der Waals surface area contributed by atoms with E-state index in [1.165, 1.54) is 7.11 Å². The van der Waals surface area contributed by atoms with Gasteiger partial charge in [0.25, 0.3) is 5.91 Å². The molecule has 0 atom stereocenters. The van der Waals surface area contributed by atoms with Crippen molar-refractivity contribution in [1.82, 2.24) is 10.3 Å². The number of pyridine rings is 1. The number of carbonyl (C=O) groups excluding carboxylic acids is 1. The second kappa shape index (κ2) is 6.26. The first-order valence-corrected chi connectivity index (χ1v) is 5.90. The zero-order valence-corrected chi connectivity index (χ0v) is 11.0. The van der Waals surface area contributed by atoms with Crippen LogP contribution in [0.15, 0.2) is 30.3 Å². The largest absolute Gasteiger partial charge is 0.380 e. The Hall–Kier alpha value is -1.98. The molecular formula is C14H16N2O3. The first-order chi connectivity index (χ1) is 9.24. The molecule has 1 aromatic carbocycles. The van der Waals surface area contributed by atoms with Crippen molar-refractivity contribution in [2.24, 2.45) is 0 Å². The number of hydrogen-bond donors (Lipinski definition) is 1. The summed E-state index contributed by atoms with van der Waals surface area (Å²) in [6, 6.07) is 9.41. The molecule has 2 aromatic rings. The maximum absolute atomic E-state index is 11.7. The number of carbonyl (C=O) groups is 1. The van der Waals surface area contributed by atoms with Crippen molar-refractivity contribution in [3.8, 4) is 0 Å². The Kier molecular flexibility index (Phi) is 4.43. The Bertz CT molecular complexity index is 584. The number of rotatable bonds is 5. The van der Waals surface area contributed by atoms with Crippen molar-refractivity contribution in [2.45, 2.75) is 6.61 Å². The molecule has 5 heteroatoms. The van der Waals surface area contributed by atoms with Gasteiger partial charge in [0.05, 0.1) is 12.1 Å². The van der Waals surface area contributed by atoms with Crippen LogP contribution in [0.2, 0.25) is 0 Å². The molecule has 100 valence electrons. The summed E-state index contributed by atoms with van der Waals surface area (Å²) in [5, 5.41) is 3.59. The van der Waals surface area contributed by atoms with Crippen LogP contribution in [0.25, 0.3) is 10.9 Å². The van der Waals surface area contributed by atoms with Gasteiger partial charge in [0.15, 0.2) is 0 Å². The van der Waals surface area contributed by atoms with Crippen molar-refractivity contribution >= 4 is 16.8 Å². The molecule has 1 aromatic heterocycles. The molecule has 0 aliphatic carbocycles. The summed E-state index contributed by atoms with van der Waals surface area (Å²) in [5.41, 5.74) is 2.24. The lowest BCUT2D eigenvalue weighted by Gasteiger charge is -2.06. The van der Waals surface area contributed by atoms with Crippen LogP contribution in [0, 0.1) is 0 Å². The van der Waals surface area contributed by atoms with Gasteiger partial charge >= 0.3 is 0 Å². The summed E-state index contributed by atoms with van der Waals surface area (Å²) >= 11 is 0. The molecule has 0 unspecified atom stereocenters. The Morgan fingerprint density at radius 1 is 1.21 bits per heavy atom. The highest BCUT2D eigenvalue weighted by atomic mass is 16.5. The number of hydrogen-bond acceptors (Lipinski definition) is 4. The molecule has 0 aliphatic rings. The SMILES string of the molecule is COCNC(=O)c1ccc2cc(COC)ccc2n1. The minimum atomic E-state index is -0.246. The summed E-state index contributed by atoms with van der Waals surface area (Å²) in [7, 11) is 3.18. The number of aromatic nitrogens is 1. The molecule has 0 fully saturated rings.